The molecule has 2 saturated heterocycles. The van der Waals surface area contributed by atoms with Crippen molar-refractivity contribution in [2.75, 3.05) is 9.96 Å². The van der Waals surface area contributed by atoms with E-state index < -0.39 is 18.1 Å². The van der Waals surface area contributed by atoms with Gasteiger partial charge in [0.15, 0.2) is 6.10 Å². The van der Waals surface area contributed by atoms with E-state index in [1.165, 1.54) is 4.90 Å². The average molecular weight is 374 g/mol. The van der Waals surface area contributed by atoms with Crippen LogP contribution in [0.25, 0.3) is 0 Å². The number of carbonyl (C=O) groups excluding carboxylic acids is 2. The lowest BCUT2D eigenvalue weighted by molar-refractivity contribution is -0.126. The minimum absolute atomic E-state index is 0.279. The summed E-state index contributed by atoms with van der Waals surface area (Å²) in [5.41, 5.74) is 2.38. The van der Waals surface area contributed by atoms with E-state index in [1.54, 1.807) is 35.6 Å². The molecule has 6 heteroatoms. The van der Waals surface area contributed by atoms with Gasteiger partial charge in [0.05, 0.1) is 17.6 Å². The molecule has 28 heavy (non-hydrogen) atoms. The van der Waals surface area contributed by atoms with E-state index in [-0.39, 0.29) is 11.8 Å². The Balaban J connectivity index is 1.56. The van der Waals surface area contributed by atoms with Crippen LogP contribution in [0, 0.1) is 12.8 Å². The van der Waals surface area contributed by atoms with E-state index in [0.717, 1.165) is 11.3 Å². The Morgan fingerprint density at radius 2 is 1.57 bits per heavy atom. The third-order valence-corrected chi connectivity index (χ3v) is 5.25. The first-order valence-corrected chi connectivity index (χ1v) is 9.14. The minimum Gasteiger partial charge on any atom is -0.467 e. The van der Waals surface area contributed by atoms with E-state index in [9.17, 15) is 9.59 Å². The maximum absolute atomic E-state index is 13.3. The SMILES string of the molecule is Cc1ccc(N2C(=O)C3ON(c4ccccc4)C(c4ccco4)C3C2=O)cc1. The van der Waals surface area contributed by atoms with Crippen LogP contribution < -0.4 is 9.96 Å². The summed E-state index contributed by atoms with van der Waals surface area (Å²) in [6.45, 7) is 1.96. The van der Waals surface area contributed by atoms with Crippen molar-refractivity contribution in [1.82, 2.24) is 0 Å². The van der Waals surface area contributed by atoms with Crippen molar-refractivity contribution in [2.45, 2.75) is 19.1 Å². The number of anilines is 2. The maximum Gasteiger partial charge on any atom is 0.266 e. The van der Waals surface area contributed by atoms with Gasteiger partial charge in [0.2, 0.25) is 5.91 Å². The summed E-state index contributed by atoms with van der Waals surface area (Å²) in [7, 11) is 0. The Morgan fingerprint density at radius 1 is 0.821 bits per heavy atom. The molecule has 0 N–H and O–H groups in total. The van der Waals surface area contributed by atoms with Crippen LogP contribution in [0.15, 0.2) is 77.4 Å². The predicted molar refractivity (Wildman–Crippen MR) is 102 cm³/mol. The number of amides is 2. The van der Waals surface area contributed by atoms with Crippen LogP contribution >= 0.6 is 0 Å². The summed E-state index contributed by atoms with van der Waals surface area (Å²) < 4.78 is 5.61. The largest absolute Gasteiger partial charge is 0.467 e. The Labute approximate surface area is 161 Å². The van der Waals surface area contributed by atoms with Gasteiger partial charge >= 0.3 is 0 Å². The molecule has 5 rings (SSSR count). The Kier molecular flexibility index (Phi) is 3.80. The van der Waals surface area contributed by atoms with Crippen molar-refractivity contribution in [3.63, 3.8) is 0 Å². The fourth-order valence-electron chi connectivity index (χ4n) is 3.91. The van der Waals surface area contributed by atoms with Gasteiger partial charge in [0.25, 0.3) is 5.91 Å². The second-order valence-corrected chi connectivity index (χ2v) is 7.02. The molecule has 2 aromatic carbocycles. The Hall–Kier alpha value is -3.38. The van der Waals surface area contributed by atoms with Gasteiger partial charge in [-0.15, -0.1) is 0 Å². The lowest BCUT2D eigenvalue weighted by Gasteiger charge is -2.27. The Morgan fingerprint density at radius 3 is 2.25 bits per heavy atom. The number of para-hydroxylation sites is 1. The molecular formula is C22H18N2O4. The standard InChI is InChI=1S/C22H18N2O4/c1-14-9-11-15(12-10-14)23-21(25)18-19(17-8-5-13-27-17)24(28-20(18)22(23)26)16-6-3-2-4-7-16/h2-13,18-20H,1H3. The van der Waals surface area contributed by atoms with Crippen LogP contribution in [0.2, 0.25) is 0 Å². The molecule has 3 heterocycles. The summed E-state index contributed by atoms with van der Waals surface area (Å²) in [5.74, 6) is -0.726. The number of fused-ring (bicyclic) bond motifs is 1. The van der Waals surface area contributed by atoms with Gasteiger partial charge in [-0.3, -0.25) is 14.4 Å². The maximum atomic E-state index is 13.3. The highest BCUT2D eigenvalue weighted by atomic mass is 16.7. The zero-order chi connectivity index (χ0) is 19.3. The molecule has 0 spiro atoms. The van der Waals surface area contributed by atoms with Crippen LogP contribution in [0.1, 0.15) is 17.4 Å². The highest BCUT2D eigenvalue weighted by Crippen LogP contribution is 2.47. The molecule has 0 radical (unpaired) electrons. The smallest absolute Gasteiger partial charge is 0.266 e. The highest BCUT2D eigenvalue weighted by Gasteiger charge is 2.61. The zero-order valence-corrected chi connectivity index (χ0v) is 15.2. The molecule has 0 saturated carbocycles. The number of aryl methyl sites for hydroxylation is 1. The van der Waals surface area contributed by atoms with E-state index in [0.29, 0.717) is 11.4 Å². The van der Waals surface area contributed by atoms with Crippen LogP contribution in [0.3, 0.4) is 0 Å². The monoisotopic (exact) mass is 374 g/mol. The van der Waals surface area contributed by atoms with Gasteiger partial charge in [-0.2, -0.15) is 0 Å². The van der Waals surface area contributed by atoms with Crippen LogP contribution in [0.5, 0.6) is 0 Å². The van der Waals surface area contributed by atoms with Crippen LogP contribution in [0.4, 0.5) is 11.4 Å². The van der Waals surface area contributed by atoms with Gasteiger partial charge in [-0.05, 0) is 43.3 Å². The number of hydroxylamine groups is 1. The molecule has 3 atom stereocenters. The predicted octanol–water partition coefficient (Wildman–Crippen LogP) is 3.64. The lowest BCUT2D eigenvalue weighted by atomic mass is 9.94. The topological polar surface area (TPSA) is 63.0 Å². The van der Waals surface area contributed by atoms with Gasteiger partial charge in [0, 0.05) is 0 Å². The molecule has 0 bridgehead atoms. The summed E-state index contributed by atoms with van der Waals surface area (Å²) >= 11 is 0. The summed E-state index contributed by atoms with van der Waals surface area (Å²) in [6.07, 6.45) is 0.675. The van der Waals surface area contributed by atoms with Crippen LogP contribution in [-0.2, 0) is 14.4 Å². The Bertz CT molecular complexity index is 1010. The molecule has 1 aromatic heterocycles. The number of hydrogen-bond donors (Lipinski definition) is 0. The molecule has 2 aliphatic heterocycles. The third kappa shape index (κ3) is 2.46. The number of imide groups is 1. The fraction of sp³-hybridized carbons (Fsp3) is 0.182. The molecule has 6 nitrogen and oxygen atoms in total. The quantitative estimate of drug-likeness (QED) is 0.655. The molecule has 0 aliphatic carbocycles. The normalized spacial score (nSPS) is 24.1. The zero-order valence-electron chi connectivity index (χ0n) is 15.2. The van der Waals surface area contributed by atoms with Crippen molar-refractivity contribution in [3.8, 4) is 0 Å². The van der Waals surface area contributed by atoms with Crippen molar-refractivity contribution in [3.05, 3.63) is 84.3 Å². The van der Waals surface area contributed by atoms with Gasteiger partial charge in [0.1, 0.15) is 17.7 Å². The third-order valence-electron chi connectivity index (χ3n) is 5.25. The molecular weight excluding hydrogens is 356 g/mol. The number of furan rings is 1. The van der Waals surface area contributed by atoms with Gasteiger partial charge < -0.3 is 4.42 Å². The number of hydrogen-bond acceptors (Lipinski definition) is 5. The summed E-state index contributed by atoms with van der Waals surface area (Å²) in [6, 6.07) is 19.8. The molecule has 3 aromatic rings. The number of benzene rings is 2. The summed E-state index contributed by atoms with van der Waals surface area (Å²) in [4.78, 5) is 33.7. The molecule has 3 unspecified atom stereocenters. The number of nitrogens with zero attached hydrogens (tertiary/aromatic N) is 2. The van der Waals surface area contributed by atoms with E-state index in [1.807, 2.05) is 49.4 Å². The average Bonchev–Trinajstić information content (AvgIpc) is 3.42. The first-order chi connectivity index (χ1) is 13.6. The lowest BCUT2D eigenvalue weighted by Crippen LogP contribution is -2.37. The second kappa shape index (κ2) is 6.35. The first kappa shape index (κ1) is 16.8. The minimum atomic E-state index is -0.885. The fourth-order valence-corrected chi connectivity index (χ4v) is 3.91. The van der Waals surface area contributed by atoms with Crippen LogP contribution in [-0.4, -0.2) is 17.9 Å². The van der Waals surface area contributed by atoms with Gasteiger partial charge in [-0.1, -0.05) is 35.9 Å². The van der Waals surface area contributed by atoms with E-state index >= 15 is 0 Å². The second-order valence-electron chi connectivity index (χ2n) is 7.02. The van der Waals surface area contributed by atoms with E-state index in [4.69, 9.17) is 9.25 Å². The molecule has 2 aliphatic rings. The van der Waals surface area contributed by atoms with Crippen molar-refractivity contribution in [1.29, 1.82) is 0 Å². The first-order valence-electron chi connectivity index (χ1n) is 9.14. The van der Waals surface area contributed by atoms with Gasteiger partial charge in [-0.25, -0.2) is 9.96 Å². The molecule has 2 amide bonds. The van der Waals surface area contributed by atoms with Crippen molar-refractivity contribution < 1.29 is 18.8 Å². The van der Waals surface area contributed by atoms with Crippen molar-refractivity contribution in [2.24, 2.45) is 5.92 Å². The summed E-state index contributed by atoms with van der Waals surface area (Å²) in [5, 5.41) is 1.62. The van der Waals surface area contributed by atoms with Crippen molar-refractivity contribution >= 4 is 23.2 Å². The number of carbonyl (C=O) groups is 2. The van der Waals surface area contributed by atoms with E-state index in [2.05, 4.69) is 0 Å². The highest BCUT2D eigenvalue weighted by molar-refractivity contribution is 6.23. The molecule has 2 fully saturated rings. The number of rotatable bonds is 3. The molecule has 140 valence electrons.